The first kappa shape index (κ1) is 22.7. The molecule has 6 nitrogen and oxygen atoms in total. The Labute approximate surface area is 188 Å². The van der Waals surface area contributed by atoms with E-state index in [-0.39, 0.29) is 17.7 Å². The number of hydrogen-bond acceptors (Lipinski definition) is 3. The summed E-state index contributed by atoms with van der Waals surface area (Å²) >= 11 is 0. The van der Waals surface area contributed by atoms with Gasteiger partial charge in [-0.05, 0) is 55.3 Å². The van der Waals surface area contributed by atoms with Gasteiger partial charge in [-0.2, -0.15) is 0 Å². The first-order valence-corrected chi connectivity index (χ1v) is 10.5. The zero-order chi connectivity index (χ0) is 23.1. The van der Waals surface area contributed by atoms with Crippen molar-refractivity contribution in [3.63, 3.8) is 0 Å². The van der Waals surface area contributed by atoms with Crippen LogP contribution < -0.4 is 10.6 Å². The molecule has 0 saturated heterocycles. The molecule has 0 radical (unpaired) electrons. The molecule has 6 heteroatoms. The summed E-state index contributed by atoms with van der Waals surface area (Å²) in [6, 6.07) is 21.5. The second-order valence-electron chi connectivity index (χ2n) is 7.49. The van der Waals surface area contributed by atoms with Crippen LogP contribution in [-0.2, 0) is 11.3 Å². The zero-order valence-electron chi connectivity index (χ0n) is 18.5. The van der Waals surface area contributed by atoms with E-state index in [1.54, 1.807) is 47.4 Å². The Bertz CT molecular complexity index is 1130. The van der Waals surface area contributed by atoms with Crippen LogP contribution in [0.25, 0.3) is 0 Å². The highest BCUT2D eigenvalue weighted by molar-refractivity contribution is 6.08. The molecule has 0 aliphatic rings. The first-order chi connectivity index (χ1) is 15.4. The second-order valence-corrected chi connectivity index (χ2v) is 7.49. The Hall–Kier alpha value is -3.93. The normalized spacial score (nSPS) is 10.3. The summed E-state index contributed by atoms with van der Waals surface area (Å²) in [7, 11) is 0. The third kappa shape index (κ3) is 5.60. The van der Waals surface area contributed by atoms with Gasteiger partial charge in [0.1, 0.15) is 0 Å². The lowest BCUT2D eigenvalue weighted by molar-refractivity contribution is -0.129. The molecule has 0 spiro atoms. The molecule has 32 heavy (non-hydrogen) atoms. The van der Waals surface area contributed by atoms with E-state index in [0.29, 0.717) is 35.6 Å². The Balaban J connectivity index is 1.79. The Kier molecular flexibility index (Phi) is 7.39. The second kappa shape index (κ2) is 10.4. The van der Waals surface area contributed by atoms with Gasteiger partial charge in [-0.15, -0.1) is 0 Å². The number of carbonyl (C=O) groups is 3. The topological polar surface area (TPSA) is 78.5 Å². The molecular weight excluding hydrogens is 402 g/mol. The number of nitrogens with zero attached hydrogens (tertiary/aromatic N) is 1. The Morgan fingerprint density at radius 3 is 2.09 bits per heavy atom. The van der Waals surface area contributed by atoms with Crippen LogP contribution in [0.15, 0.2) is 72.8 Å². The number of benzene rings is 3. The van der Waals surface area contributed by atoms with Crippen molar-refractivity contribution in [3.05, 3.63) is 95.1 Å². The van der Waals surface area contributed by atoms with Crippen LogP contribution in [0.4, 0.5) is 11.4 Å². The molecule has 0 aliphatic carbocycles. The molecule has 0 atom stereocenters. The number of hydrogen-bond donors (Lipinski definition) is 2. The molecule has 3 aromatic carbocycles. The number of nitrogens with one attached hydrogen (secondary N) is 2. The molecule has 3 rings (SSSR count). The minimum Gasteiger partial charge on any atom is -0.339 e. The number of carbonyl (C=O) groups excluding carboxylic acids is 3. The summed E-state index contributed by atoms with van der Waals surface area (Å²) in [5, 5.41) is 5.82. The maximum Gasteiger partial charge on any atom is 0.255 e. The van der Waals surface area contributed by atoms with Crippen molar-refractivity contribution in [1.82, 2.24) is 4.90 Å². The van der Waals surface area contributed by atoms with E-state index in [9.17, 15) is 14.4 Å². The lowest BCUT2D eigenvalue weighted by Crippen LogP contribution is -2.28. The van der Waals surface area contributed by atoms with E-state index in [1.807, 2.05) is 44.2 Å². The van der Waals surface area contributed by atoms with Gasteiger partial charge in [0.05, 0.1) is 0 Å². The average molecular weight is 430 g/mol. The molecule has 3 aromatic rings. The summed E-state index contributed by atoms with van der Waals surface area (Å²) in [6.07, 6.45) is 0. The fourth-order valence-corrected chi connectivity index (χ4v) is 3.31. The number of para-hydroxylation sites is 1. The van der Waals surface area contributed by atoms with Gasteiger partial charge in [-0.3, -0.25) is 14.4 Å². The fourth-order valence-electron chi connectivity index (χ4n) is 3.31. The highest BCUT2D eigenvalue weighted by Crippen LogP contribution is 2.21. The van der Waals surface area contributed by atoms with Gasteiger partial charge >= 0.3 is 0 Å². The molecule has 0 unspecified atom stereocenters. The van der Waals surface area contributed by atoms with Gasteiger partial charge in [0, 0.05) is 42.5 Å². The average Bonchev–Trinajstić information content (AvgIpc) is 2.80. The van der Waals surface area contributed by atoms with Crippen LogP contribution in [-0.4, -0.2) is 29.2 Å². The molecule has 0 saturated carbocycles. The van der Waals surface area contributed by atoms with Crippen LogP contribution >= 0.6 is 0 Å². The summed E-state index contributed by atoms with van der Waals surface area (Å²) in [5.41, 5.74) is 3.89. The molecular formula is C26H27N3O3. The van der Waals surface area contributed by atoms with Crippen molar-refractivity contribution < 1.29 is 14.4 Å². The van der Waals surface area contributed by atoms with E-state index in [4.69, 9.17) is 0 Å². The van der Waals surface area contributed by atoms with Gasteiger partial charge in [0.25, 0.3) is 11.8 Å². The van der Waals surface area contributed by atoms with Crippen LogP contribution in [0.1, 0.15) is 45.7 Å². The largest absolute Gasteiger partial charge is 0.339 e. The smallest absolute Gasteiger partial charge is 0.255 e. The number of rotatable bonds is 7. The van der Waals surface area contributed by atoms with Gasteiger partial charge in [-0.25, -0.2) is 0 Å². The molecule has 0 fully saturated rings. The van der Waals surface area contributed by atoms with Gasteiger partial charge in [0.2, 0.25) is 5.91 Å². The molecule has 0 aliphatic heterocycles. The van der Waals surface area contributed by atoms with Gasteiger partial charge in [0.15, 0.2) is 0 Å². The van der Waals surface area contributed by atoms with E-state index < -0.39 is 0 Å². The van der Waals surface area contributed by atoms with Crippen LogP contribution in [0.3, 0.4) is 0 Å². The molecule has 0 bridgehead atoms. The van der Waals surface area contributed by atoms with E-state index in [0.717, 1.165) is 11.1 Å². The van der Waals surface area contributed by atoms with Crippen LogP contribution in [0, 0.1) is 6.92 Å². The van der Waals surface area contributed by atoms with Crippen molar-refractivity contribution in [2.24, 2.45) is 0 Å². The van der Waals surface area contributed by atoms with E-state index in [1.165, 1.54) is 6.92 Å². The predicted octanol–water partition coefficient (Wildman–Crippen LogP) is 4.87. The zero-order valence-corrected chi connectivity index (χ0v) is 18.5. The first-order valence-electron chi connectivity index (χ1n) is 10.5. The highest BCUT2D eigenvalue weighted by Gasteiger charge is 2.15. The maximum absolute atomic E-state index is 13.0. The van der Waals surface area contributed by atoms with Gasteiger partial charge < -0.3 is 15.5 Å². The van der Waals surface area contributed by atoms with Crippen molar-refractivity contribution in [2.75, 3.05) is 17.2 Å². The van der Waals surface area contributed by atoms with Crippen LogP contribution in [0.5, 0.6) is 0 Å². The standard InChI is InChI=1S/C26H27N3O3/c1-4-29(19(3)30)17-22-12-8-9-13-23(22)27-26(32)21-15-14-18(2)24(16-21)28-25(31)20-10-6-5-7-11-20/h5-16H,4,17H2,1-3H3,(H,27,32)(H,28,31). The lowest BCUT2D eigenvalue weighted by Gasteiger charge is -2.21. The number of amides is 3. The lowest BCUT2D eigenvalue weighted by atomic mass is 10.1. The third-order valence-corrected chi connectivity index (χ3v) is 5.24. The molecule has 164 valence electrons. The predicted molar refractivity (Wildman–Crippen MR) is 127 cm³/mol. The Morgan fingerprint density at radius 1 is 0.781 bits per heavy atom. The minimum atomic E-state index is -0.293. The molecule has 2 N–H and O–H groups in total. The Morgan fingerprint density at radius 2 is 1.41 bits per heavy atom. The number of aryl methyl sites for hydroxylation is 1. The quantitative estimate of drug-likeness (QED) is 0.563. The SMILES string of the molecule is CCN(Cc1ccccc1NC(=O)c1ccc(C)c(NC(=O)c2ccccc2)c1)C(C)=O. The molecule has 3 amide bonds. The minimum absolute atomic E-state index is 0.0223. The summed E-state index contributed by atoms with van der Waals surface area (Å²) in [5.74, 6) is -0.551. The highest BCUT2D eigenvalue weighted by atomic mass is 16.2. The summed E-state index contributed by atoms with van der Waals surface area (Å²) < 4.78 is 0. The van der Waals surface area contributed by atoms with Gasteiger partial charge in [-0.1, -0.05) is 42.5 Å². The number of anilines is 2. The molecule has 0 aromatic heterocycles. The fraction of sp³-hybridized carbons (Fsp3) is 0.192. The van der Waals surface area contributed by atoms with Crippen molar-refractivity contribution in [1.29, 1.82) is 0 Å². The van der Waals surface area contributed by atoms with E-state index >= 15 is 0 Å². The van der Waals surface area contributed by atoms with Crippen LogP contribution in [0.2, 0.25) is 0 Å². The van der Waals surface area contributed by atoms with Crippen molar-refractivity contribution in [2.45, 2.75) is 27.3 Å². The van der Waals surface area contributed by atoms with Crippen molar-refractivity contribution in [3.8, 4) is 0 Å². The monoisotopic (exact) mass is 429 g/mol. The third-order valence-electron chi connectivity index (χ3n) is 5.24. The van der Waals surface area contributed by atoms with E-state index in [2.05, 4.69) is 10.6 Å². The molecule has 0 heterocycles. The summed E-state index contributed by atoms with van der Waals surface area (Å²) in [4.78, 5) is 39.0. The summed E-state index contributed by atoms with van der Waals surface area (Å²) in [6.45, 7) is 6.32. The van der Waals surface area contributed by atoms with Crippen molar-refractivity contribution >= 4 is 29.1 Å². The maximum atomic E-state index is 13.0.